The van der Waals surface area contributed by atoms with Gasteiger partial charge >= 0.3 is 6.18 Å². The monoisotopic (exact) mass is 842 g/mol. The Hall–Kier alpha value is -4.19. The number of phenolic OH excluding ortho intramolecular Hbond substituents is 1. The molecule has 9 nitrogen and oxygen atoms in total. The molecule has 54 heavy (non-hydrogen) atoms. The number of rotatable bonds is 4. The molecule has 3 heterocycles. The van der Waals surface area contributed by atoms with Crippen molar-refractivity contribution >= 4 is 81.5 Å². The molecule has 284 valence electrons. The number of hydrogen-bond acceptors (Lipinski definition) is 7. The Kier molecular flexibility index (Phi) is 8.76. The van der Waals surface area contributed by atoms with Crippen molar-refractivity contribution in [3.8, 4) is 5.75 Å². The van der Waals surface area contributed by atoms with Crippen LogP contribution in [0.5, 0.6) is 5.75 Å². The van der Waals surface area contributed by atoms with Crippen LogP contribution in [0.2, 0.25) is 10.0 Å². The van der Waals surface area contributed by atoms with Gasteiger partial charge in [-0.2, -0.15) is 18.2 Å². The van der Waals surface area contributed by atoms with Crippen molar-refractivity contribution in [3.05, 3.63) is 92.4 Å². The zero-order chi connectivity index (χ0) is 39.7. The van der Waals surface area contributed by atoms with Crippen LogP contribution in [0.15, 0.2) is 42.0 Å². The Morgan fingerprint density at radius 2 is 1.46 bits per heavy atom. The van der Waals surface area contributed by atoms with Crippen molar-refractivity contribution in [2.45, 2.75) is 34.7 Å². The number of alkyl halides is 5. The number of anilines is 2. The van der Waals surface area contributed by atoms with Crippen LogP contribution in [-0.2, 0) is 25.4 Å². The van der Waals surface area contributed by atoms with E-state index in [0.29, 0.717) is 16.1 Å². The topological polar surface area (TPSA) is 111 Å². The molecule has 0 radical (unpaired) electrons. The first kappa shape index (κ1) is 38.1. The summed E-state index contributed by atoms with van der Waals surface area (Å²) in [7, 11) is 1.05. The molecule has 1 saturated carbocycles. The number of phenols is 1. The van der Waals surface area contributed by atoms with Crippen LogP contribution in [0, 0.1) is 46.8 Å². The van der Waals surface area contributed by atoms with E-state index in [2.05, 4.69) is 4.98 Å². The maximum absolute atomic E-state index is 15.2. The summed E-state index contributed by atoms with van der Waals surface area (Å²) >= 11 is 26.7. The number of carbonyl (C=O) groups is 4. The first-order chi connectivity index (χ1) is 25.1. The fourth-order valence-corrected chi connectivity index (χ4v) is 9.29. The van der Waals surface area contributed by atoms with Gasteiger partial charge in [0.15, 0.2) is 38.8 Å². The number of aromatic nitrogens is 1. The standard InChI is InChI=1S/C33H18Cl4F8N4O5/c1-47(26-15(34)6-7-17(46-26)33(43,44)45)49-27(51)13-5-4-11-14(18(13)28(49)52)9-31(36)29(53)48(25-23(41)21(39)20(38)22(40)24(25)42)30(54)32(31,37)19(11)12-3-2-10(50)8-16(12)35/h2-4,6-8,13-14,18-19,50H,5,9H2,1H3/t13-,14+,18-,19+,31+,32-/m0/s1. The summed E-state index contributed by atoms with van der Waals surface area (Å²) < 4.78 is 114. The van der Waals surface area contributed by atoms with E-state index >= 15 is 8.78 Å². The summed E-state index contributed by atoms with van der Waals surface area (Å²) in [6, 6.07) is 4.67. The van der Waals surface area contributed by atoms with Crippen LogP contribution in [0.3, 0.4) is 0 Å². The molecule has 0 bridgehead atoms. The molecule has 0 spiro atoms. The van der Waals surface area contributed by atoms with E-state index in [1.165, 1.54) is 6.08 Å². The number of pyridine rings is 1. The van der Waals surface area contributed by atoms with Gasteiger partial charge in [0.25, 0.3) is 23.6 Å². The SMILES string of the molecule is CN(c1nc(C(F)(F)F)ccc1Cl)N1C(=O)[C@H]2[C@H](CC=C3[C@H]2C[C@@]2(Cl)C(=O)N(c4c(F)c(F)c(F)c(F)c4F)C(=O)[C@@]2(Cl)[C@H]3c2ccc(O)cc2Cl)C1=O. The summed E-state index contributed by atoms with van der Waals surface area (Å²) in [5, 5.41) is 10.6. The summed E-state index contributed by atoms with van der Waals surface area (Å²) in [6.07, 6.45) is -4.71. The van der Waals surface area contributed by atoms with E-state index in [1.54, 1.807) is 0 Å². The minimum atomic E-state index is -4.95. The molecule has 0 unspecified atom stereocenters. The van der Waals surface area contributed by atoms with Crippen LogP contribution >= 0.6 is 46.4 Å². The third-order valence-corrected chi connectivity index (χ3v) is 12.3. The number of benzene rings is 2. The number of amides is 4. The third kappa shape index (κ3) is 5.00. The molecule has 2 aromatic carbocycles. The summed E-state index contributed by atoms with van der Waals surface area (Å²) in [4.78, 5) is 54.2. The average molecular weight is 844 g/mol. The number of carbonyl (C=O) groups excluding carboxylic acids is 4. The Labute approximate surface area is 317 Å². The fraction of sp³-hybridized carbons (Fsp3) is 0.303. The van der Waals surface area contributed by atoms with Gasteiger partial charge in [-0.1, -0.05) is 40.9 Å². The fourth-order valence-electron chi connectivity index (χ4n) is 7.85. The van der Waals surface area contributed by atoms with E-state index in [4.69, 9.17) is 46.4 Å². The highest BCUT2D eigenvalue weighted by Crippen LogP contribution is 2.66. The van der Waals surface area contributed by atoms with E-state index in [9.17, 15) is 50.6 Å². The Balaban J connectivity index is 1.39. The van der Waals surface area contributed by atoms with Crippen LogP contribution in [0.25, 0.3) is 0 Å². The van der Waals surface area contributed by atoms with E-state index in [1.807, 2.05) is 0 Å². The van der Waals surface area contributed by atoms with Crippen molar-refractivity contribution in [1.82, 2.24) is 9.99 Å². The molecule has 2 aliphatic carbocycles. The molecule has 3 aromatic rings. The van der Waals surface area contributed by atoms with Crippen LogP contribution < -0.4 is 9.91 Å². The minimum absolute atomic E-state index is 0.0383. The Morgan fingerprint density at radius 3 is 2.06 bits per heavy atom. The van der Waals surface area contributed by atoms with Crippen molar-refractivity contribution in [3.63, 3.8) is 0 Å². The van der Waals surface area contributed by atoms with Gasteiger partial charge in [0, 0.05) is 18.0 Å². The normalized spacial score (nSPS) is 28.0. The number of hydrogen-bond donors (Lipinski definition) is 1. The number of allylic oxidation sites excluding steroid dienone is 2. The van der Waals surface area contributed by atoms with Gasteiger partial charge in [-0.25, -0.2) is 31.8 Å². The van der Waals surface area contributed by atoms with E-state index in [0.717, 1.165) is 31.3 Å². The zero-order valence-corrected chi connectivity index (χ0v) is 29.6. The minimum Gasteiger partial charge on any atom is -0.508 e. The van der Waals surface area contributed by atoms with Crippen molar-refractivity contribution in [1.29, 1.82) is 0 Å². The largest absolute Gasteiger partial charge is 0.508 e. The average Bonchev–Trinajstić information content (AvgIpc) is 3.44. The molecule has 4 amide bonds. The highest BCUT2D eigenvalue weighted by atomic mass is 35.5. The number of halogens is 12. The van der Waals surface area contributed by atoms with Gasteiger partial charge in [-0.15, -0.1) is 23.2 Å². The third-order valence-electron chi connectivity index (χ3n) is 10.2. The molecule has 4 aliphatic rings. The lowest BCUT2D eigenvalue weighted by Crippen LogP contribution is -2.60. The van der Waals surface area contributed by atoms with Crippen LogP contribution in [0.1, 0.15) is 30.0 Å². The number of hydrazine groups is 1. The molecule has 21 heteroatoms. The second-order valence-corrected chi connectivity index (χ2v) is 15.0. The van der Waals surface area contributed by atoms with Crippen molar-refractivity contribution in [2.24, 2.45) is 17.8 Å². The maximum atomic E-state index is 15.2. The lowest BCUT2D eigenvalue weighted by Gasteiger charge is -2.50. The molecule has 1 N–H and O–H groups in total. The molecule has 3 fully saturated rings. The second-order valence-electron chi connectivity index (χ2n) is 12.9. The van der Waals surface area contributed by atoms with E-state index < -0.39 is 122 Å². The maximum Gasteiger partial charge on any atom is 0.433 e. The molecule has 7 rings (SSSR count). The predicted molar refractivity (Wildman–Crippen MR) is 174 cm³/mol. The highest BCUT2D eigenvalue weighted by Gasteiger charge is 2.77. The lowest BCUT2D eigenvalue weighted by atomic mass is 9.56. The molecular formula is C33H18Cl4F8N4O5. The first-order valence-electron chi connectivity index (χ1n) is 15.4. The number of imide groups is 2. The quantitative estimate of drug-likeness (QED) is 0.0727. The highest BCUT2D eigenvalue weighted by molar-refractivity contribution is 6.58. The molecule has 2 aliphatic heterocycles. The van der Waals surface area contributed by atoms with Gasteiger partial charge in [0.2, 0.25) is 5.82 Å². The van der Waals surface area contributed by atoms with Gasteiger partial charge in [-0.05, 0) is 48.6 Å². The van der Waals surface area contributed by atoms with Crippen molar-refractivity contribution in [2.75, 3.05) is 17.0 Å². The lowest BCUT2D eigenvalue weighted by molar-refractivity contribution is -0.141. The van der Waals surface area contributed by atoms with Gasteiger partial charge in [0.1, 0.15) is 17.1 Å². The molecule has 2 saturated heterocycles. The van der Waals surface area contributed by atoms with E-state index in [-0.39, 0.29) is 32.5 Å². The Bertz CT molecular complexity index is 2250. The molecule has 6 atom stereocenters. The van der Waals surface area contributed by atoms with Crippen LogP contribution in [0.4, 0.5) is 46.6 Å². The predicted octanol–water partition coefficient (Wildman–Crippen LogP) is 7.42. The molecular weight excluding hydrogens is 826 g/mol. The summed E-state index contributed by atoms with van der Waals surface area (Å²) in [6.45, 7) is 0. The van der Waals surface area contributed by atoms with Gasteiger partial charge in [-0.3, -0.25) is 24.2 Å². The summed E-state index contributed by atoms with van der Waals surface area (Å²) in [5.41, 5.74) is -3.49. The zero-order valence-electron chi connectivity index (χ0n) is 26.6. The van der Waals surface area contributed by atoms with Gasteiger partial charge in [0.05, 0.1) is 16.9 Å². The molecule has 1 aromatic heterocycles. The Morgan fingerprint density at radius 1 is 0.852 bits per heavy atom. The number of fused-ring (bicyclic) bond motifs is 4. The van der Waals surface area contributed by atoms with Crippen molar-refractivity contribution < 1.29 is 59.4 Å². The second kappa shape index (κ2) is 12.4. The number of aromatic hydroxyl groups is 1. The van der Waals surface area contributed by atoms with Crippen LogP contribution in [-0.4, -0.2) is 55.5 Å². The number of nitrogens with zero attached hydrogens (tertiary/aromatic N) is 4. The van der Waals surface area contributed by atoms with Gasteiger partial charge < -0.3 is 5.11 Å². The summed E-state index contributed by atoms with van der Waals surface area (Å²) in [5.74, 6) is -25.1. The first-order valence-corrected chi connectivity index (χ1v) is 16.9. The smallest absolute Gasteiger partial charge is 0.433 e.